The van der Waals surface area contributed by atoms with Crippen molar-refractivity contribution in [3.8, 4) is 5.75 Å². The smallest absolute Gasteiger partial charge is 0.151 e. The first kappa shape index (κ1) is 8.57. The van der Waals surface area contributed by atoms with Crippen LogP contribution in [0.15, 0.2) is 24.3 Å². The second kappa shape index (κ2) is 3.38. The van der Waals surface area contributed by atoms with Gasteiger partial charge < -0.3 is 9.64 Å². The van der Waals surface area contributed by atoms with Crippen LogP contribution in [0.4, 0.5) is 0 Å². The van der Waals surface area contributed by atoms with Crippen LogP contribution in [0, 0.1) is 0 Å². The second-order valence-electron chi connectivity index (χ2n) is 3.96. The first-order chi connectivity index (χ1) is 6.25. The lowest BCUT2D eigenvalue weighted by Gasteiger charge is -2.13. The molecule has 2 rings (SSSR count). The first-order valence-electron chi connectivity index (χ1n) is 4.79. The third kappa shape index (κ3) is 1.83. The fourth-order valence-electron chi connectivity index (χ4n) is 1.82. The molecule has 70 valence electrons. The molecule has 1 aliphatic rings. The molecule has 0 saturated heterocycles. The molecule has 1 atom stereocenters. The first-order valence-corrected chi connectivity index (χ1v) is 4.79. The average Bonchev–Trinajstić information content (AvgIpc) is 2.44. The van der Waals surface area contributed by atoms with E-state index >= 15 is 0 Å². The van der Waals surface area contributed by atoms with Crippen LogP contribution in [0.5, 0.6) is 5.75 Å². The van der Waals surface area contributed by atoms with Crippen LogP contribution < -0.4 is 9.64 Å². The number of nitrogens with one attached hydrogen (secondary N) is 1. The van der Waals surface area contributed by atoms with Crippen LogP contribution in [-0.4, -0.2) is 26.7 Å². The van der Waals surface area contributed by atoms with E-state index in [1.165, 1.54) is 10.5 Å². The van der Waals surface area contributed by atoms with E-state index in [0.717, 1.165) is 18.7 Å². The maximum absolute atomic E-state index is 5.80. The van der Waals surface area contributed by atoms with E-state index in [2.05, 4.69) is 32.3 Å². The van der Waals surface area contributed by atoms with Crippen molar-refractivity contribution in [3.63, 3.8) is 0 Å². The Morgan fingerprint density at radius 3 is 2.85 bits per heavy atom. The molecule has 1 aromatic rings. The summed E-state index contributed by atoms with van der Waals surface area (Å²) in [5.41, 5.74) is 1.36. The minimum atomic E-state index is 0.377. The third-order valence-corrected chi connectivity index (χ3v) is 2.35. The molecule has 1 unspecified atom stereocenters. The quantitative estimate of drug-likeness (QED) is 0.680. The lowest BCUT2D eigenvalue weighted by atomic mass is 10.1. The van der Waals surface area contributed by atoms with Gasteiger partial charge in [0.25, 0.3) is 0 Å². The van der Waals surface area contributed by atoms with Crippen molar-refractivity contribution in [2.45, 2.75) is 12.5 Å². The van der Waals surface area contributed by atoms with Crippen LogP contribution in [0.2, 0.25) is 0 Å². The van der Waals surface area contributed by atoms with Gasteiger partial charge in [-0.15, -0.1) is 0 Å². The van der Waals surface area contributed by atoms with E-state index in [1.54, 1.807) is 0 Å². The van der Waals surface area contributed by atoms with Gasteiger partial charge in [-0.1, -0.05) is 18.2 Å². The van der Waals surface area contributed by atoms with Gasteiger partial charge in [0.15, 0.2) is 6.10 Å². The van der Waals surface area contributed by atoms with E-state index < -0.39 is 0 Å². The van der Waals surface area contributed by atoms with Crippen LogP contribution in [-0.2, 0) is 6.42 Å². The molecule has 2 nitrogen and oxygen atoms in total. The summed E-state index contributed by atoms with van der Waals surface area (Å²) < 4.78 is 5.80. The van der Waals surface area contributed by atoms with Gasteiger partial charge in [-0.25, -0.2) is 0 Å². The molecule has 0 fully saturated rings. The molecule has 0 radical (unpaired) electrons. The summed E-state index contributed by atoms with van der Waals surface area (Å²) in [7, 11) is 4.32. The minimum absolute atomic E-state index is 0.377. The summed E-state index contributed by atoms with van der Waals surface area (Å²) in [6.45, 7) is 1.08. The highest BCUT2D eigenvalue weighted by molar-refractivity contribution is 5.37. The Labute approximate surface area is 79.1 Å². The van der Waals surface area contributed by atoms with Gasteiger partial charge in [0.1, 0.15) is 12.3 Å². The predicted molar refractivity (Wildman–Crippen MR) is 52.2 cm³/mol. The van der Waals surface area contributed by atoms with Crippen molar-refractivity contribution < 1.29 is 9.64 Å². The topological polar surface area (TPSA) is 13.7 Å². The van der Waals surface area contributed by atoms with Crippen LogP contribution >= 0.6 is 0 Å². The summed E-state index contributed by atoms with van der Waals surface area (Å²) in [5.74, 6) is 1.08. The monoisotopic (exact) mass is 178 g/mol. The standard InChI is InChI=1S/C11H15NO/c1-12(2)8-10-7-9-5-3-4-6-11(9)13-10/h3-6,10H,7-8H2,1-2H3/p+1. The van der Waals surface area contributed by atoms with E-state index in [1.807, 2.05) is 6.07 Å². The number of ether oxygens (including phenoxy) is 1. The van der Waals surface area contributed by atoms with Crippen molar-refractivity contribution in [1.29, 1.82) is 0 Å². The van der Waals surface area contributed by atoms with Crippen LogP contribution in [0.1, 0.15) is 5.56 Å². The molecule has 1 N–H and O–H groups in total. The Hall–Kier alpha value is -1.02. The molecule has 0 saturated carbocycles. The normalized spacial score (nSPS) is 20.1. The molecule has 2 heteroatoms. The summed E-state index contributed by atoms with van der Waals surface area (Å²) in [4.78, 5) is 1.44. The minimum Gasteiger partial charge on any atom is -0.484 e. The zero-order valence-electron chi connectivity index (χ0n) is 8.21. The Balaban J connectivity index is 2.05. The maximum Gasteiger partial charge on any atom is 0.151 e. The number of hydrogen-bond acceptors (Lipinski definition) is 1. The van der Waals surface area contributed by atoms with E-state index in [4.69, 9.17) is 4.74 Å². The average molecular weight is 178 g/mol. The van der Waals surface area contributed by atoms with Gasteiger partial charge >= 0.3 is 0 Å². The Bertz CT molecular complexity index is 271. The molecule has 0 spiro atoms. The SMILES string of the molecule is C[NH+](C)CC1Cc2ccccc2O1. The zero-order valence-corrected chi connectivity index (χ0v) is 8.21. The fraction of sp³-hybridized carbons (Fsp3) is 0.455. The highest BCUT2D eigenvalue weighted by Gasteiger charge is 2.23. The Kier molecular flexibility index (Phi) is 2.23. The number of quaternary nitrogens is 1. The number of para-hydroxylation sites is 1. The molecule has 1 heterocycles. The van der Waals surface area contributed by atoms with Gasteiger partial charge in [0, 0.05) is 6.42 Å². The van der Waals surface area contributed by atoms with Gasteiger partial charge in [0.05, 0.1) is 14.1 Å². The fourth-order valence-corrected chi connectivity index (χ4v) is 1.82. The summed E-state index contributed by atoms with van der Waals surface area (Å²) in [5, 5.41) is 0. The van der Waals surface area contributed by atoms with E-state index in [-0.39, 0.29) is 0 Å². The van der Waals surface area contributed by atoms with Crippen molar-refractivity contribution in [2.24, 2.45) is 0 Å². The molecule has 0 bridgehead atoms. The number of fused-ring (bicyclic) bond motifs is 1. The van der Waals surface area contributed by atoms with Crippen molar-refractivity contribution in [1.82, 2.24) is 0 Å². The van der Waals surface area contributed by atoms with Gasteiger partial charge in [-0.05, 0) is 11.6 Å². The zero-order chi connectivity index (χ0) is 9.26. The van der Waals surface area contributed by atoms with Gasteiger partial charge in [-0.3, -0.25) is 0 Å². The highest BCUT2D eigenvalue weighted by atomic mass is 16.5. The molecular weight excluding hydrogens is 162 g/mol. The van der Waals surface area contributed by atoms with Gasteiger partial charge in [-0.2, -0.15) is 0 Å². The molecule has 1 aromatic carbocycles. The van der Waals surface area contributed by atoms with Crippen LogP contribution in [0.3, 0.4) is 0 Å². The second-order valence-corrected chi connectivity index (χ2v) is 3.96. The van der Waals surface area contributed by atoms with Gasteiger partial charge in [0.2, 0.25) is 0 Å². The number of benzene rings is 1. The van der Waals surface area contributed by atoms with E-state index in [0.29, 0.717) is 6.10 Å². The summed E-state index contributed by atoms with van der Waals surface area (Å²) in [6.07, 6.45) is 1.45. The molecule has 13 heavy (non-hydrogen) atoms. The lowest BCUT2D eigenvalue weighted by Crippen LogP contribution is -3.07. The maximum atomic E-state index is 5.80. The summed E-state index contributed by atoms with van der Waals surface area (Å²) in [6, 6.07) is 8.32. The van der Waals surface area contributed by atoms with Crippen molar-refractivity contribution in [2.75, 3.05) is 20.6 Å². The third-order valence-electron chi connectivity index (χ3n) is 2.35. The molecule has 1 aliphatic heterocycles. The Morgan fingerprint density at radius 2 is 2.15 bits per heavy atom. The number of rotatable bonds is 2. The van der Waals surface area contributed by atoms with Crippen molar-refractivity contribution in [3.05, 3.63) is 29.8 Å². The number of likely N-dealkylation sites (N-methyl/N-ethyl adjacent to an activating group) is 1. The summed E-state index contributed by atoms with van der Waals surface area (Å²) >= 11 is 0. The van der Waals surface area contributed by atoms with Crippen LogP contribution in [0.25, 0.3) is 0 Å². The molecule has 0 aliphatic carbocycles. The number of hydrogen-bond donors (Lipinski definition) is 1. The molecule has 0 aromatic heterocycles. The Morgan fingerprint density at radius 1 is 1.38 bits per heavy atom. The highest BCUT2D eigenvalue weighted by Crippen LogP contribution is 2.27. The van der Waals surface area contributed by atoms with E-state index in [9.17, 15) is 0 Å². The predicted octanol–water partition coefficient (Wildman–Crippen LogP) is 0.135. The molecular formula is C11H16NO+. The molecule has 0 amide bonds. The lowest BCUT2D eigenvalue weighted by molar-refractivity contribution is -0.861. The van der Waals surface area contributed by atoms with Crippen molar-refractivity contribution >= 4 is 0 Å². The largest absolute Gasteiger partial charge is 0.484 e.